The fourth-order valence-corrected chi connectivity index (χ4v) is 7.41. The van der Waals surface area contributed by atoms with Crippen molar-refractivity contribution in [3.8, 4) is 11.1 Å². The minimum atomic E-state index is -0.455. The fraction of sp³-hybridized carbons (Fsp3) is 0.0800. The summed E-state index contributed by atoms with van der Waals surface area (Å²) in [6.45, 7) is 0.454. The molecule has 3 unspecified atom stereocenters. The summed E-state index contributed by atoms with van der Waals surface area (Å²) < 4.78 is 0. The summed E-state index contributed by atoms with van der Waals surface area (Å²) in [7, 11) is 0. The van der Waals surface area contributed by atoms with Crippen LogP contribution in [0.4, 0.5) is 11.4 Å². The average molecular weight is 731 g/mol. The van der Waals surface area contributed by atoms with Crippen molar-refractivity contribution in [1.29, 1.82) is 0 Å². The minimum absolute atomic E-state index is 0.256. The van der Waals surface area contributed by atoms with E-state index in [0.717, 1.165) is 55.8 Å². The van der Waals surface area contributed by atoms with Crippen LogP contribution in [0.15, 0.2) is 200 Å². The lowest BCUT2D eigenvalue weighted by Crippen LogP contribution is -2.36. The summed E-state index contributed by atoms with van der Waals surface area (Å²) in [5.41, 5.74) is 29.8. The number of nitrogens with two attached hydrogens (primary N) is 3. The van der Waals surface area contributed by atoms with Gasteiger partial charge in [-0.1, -0.05) is 170 Å². The third kappa shape index (κ3) is 7.96. The standard InChI is InChI=1S/C50H46N6/c51-46(36-15-4-1-5-16-36)33-47(37-17-6-2-7-18-37)54-34-55-49(52)38-29-27-35(28-30-38)39-20-14-21-41(31-39)50(53)56(42-22-8-3-9-23-42)48-32-40-19-10-11-24-43(40)44-25-12-13-26-45(44)48/h1-33,46,49-50,54-55H,34,51-53H2/b47-33-. The number of rotatable bonds is 13. The third-order valence-corrected chi connectivity index (χ3v) is 10.4. The molecule has 0 saturated carbocycles. The van der Waals surface area contributed by atoms with E-state index in [-0.39, 0.29) is 12.2 Å². The third-order valence-electron chi connectivity index (χ3n) is 10.4. The number of para-hydroxylation sites is 1. The van der Waals surface area contributed by atoms with Crippen LogP contribution in [-0.4, -0.2) is 6.67 Å². The van der Waals surface area contributed by atoms with Crippen molar-refractivity contribution in [1.82, 2.24) is 10.6 Å². The Morgan fingerprint density at radius 1 is 0.518 bits per heavy atom. The van der Waals surface area contributed by atoms with Crippen LogP contribution in [0.2, 0.25) is 0 Å². The number of nitrogens with zero attached hydrogens (tertiary/aromatic N) is 1. The van der Waals surface area contributed by atoms with E-state index in [1.807, 2.05) is 54.6 Å². The van der Waals surface area contributed by atoms with Crippen molar-refractivity contribution in [2.45, 2.75) is 18.4 Å². The maximum atomic E-state index is 7.29. The van der Waals surface area contributed by atoms with Gasteiger partial charge in [-0.05, 0) is 79.9 Å². The van der Waals surface area contributed by atoms with Crippen LogP contribution in [0, 0.1) is 0 Å². The number of hydrogen-bond acceptors (Lipinski definition) is 6. The van der Waals surface area contributed by atoms with Gasteiger partial charge in [0.15, 0.2) is 0 Å². The molecule has 0 fully saturated rings. The predicted octanol–water partition coefficient (Wildman–Crippen LogP) is 10.3. The summed E-state index contributed by atoms with van der Waals surface area (Å²) in [4.78, 5) is 2.25. The smallest absolute Gasteiger partial charge is 0.108 e. The maximum absolute atomic E-state index is 7.29. The summed E-state index contributed by atoms with van der Waals surface area (Å²) in [6, 6.07) is 66.7. The van der Waals surface area contributed by atoms with Gasteiger partial charge in [-0.3, -0.25) is 5.32 Å². The van der Waals surface area contributed by atoms with Crippen LogP contribution in [0.3, 0.4) is 0 Å². The molecule has 0 spiro atoms. The molecule has 0 aromatic heterocycles. The molecule has 56 heavy (non-hydrogen) atoms. The van der Waals surface area contributed by atoms with Gasteiger partial charge in [-0.25, -0.2) is 0 Å². The summed E-state index contributed by atoms with van der Waals surface area (Å²) >= 11 is 0. The molecule has 8 aromatic carbocycles. The van der Waals surface area contributed by atoms with Crippen molar-refractivity contribution in [2.24, 2.45) is 17.2 Å². The summed E-state index contributed by atoms with van der Waals surface area (Å²) in [5.74, 6) is 0. The lowest BCUT2D eigenvalue weighted by molar-refractivity contribution is 0.539. The molecule has 6 nitrogen and oxygen atoms in total. The number of hydrogen-bond donors (Lipinski definition) is 5. The number of fused-ring (bicyclic) bond motifs is 3. The van der Waals surface area contributed by atoms with E-state index < -0.39 is 6.17 Å². The largest absolute Gasteiger partial charge is 0.372 e. The van der Waals surface area contributed by atoms with Gasteiger partial charge in [0.05, 0.1) is 24.6 Å². The first-order valence-corrected chi connectivity index (χ1v) is 19.0. The number of nitrogens with one attached hydrogen (secondary N) is 2. The molecular formula is C50H46N6. The Hall–Kier alpha value is -6.54. The molecular weight excluding hydrogens is 685 g/mol. The molecule has 8 aromatic rings. The van der Waals surface area contributed by atoms with Crippen molar-refractivity contribution >= 4 is 38.6 Å². The Morgan fingerprint density at radius 2 is 1.12 bits per heavy atom. The average Bonchev–Trinajstić information content (AvgIpc) is 3.27. The van der Waals surface area contributed by atoms with Gasteiger partial charge in [-0.15, -0.1) is 0 Å². The van der Waals surface area contributed by atoms with Crippen molar-refractivity contribution in [2.75, 3.05) is 11.6 Å². The highest BCUT2D eigenvalue weighted by Gasteiger charge is 2.22. The van der Waals surface area contributed by atoms with Gasteiger partial charge in [-0.2, -0.15) is 0 Å². The first-order valence-electron chi connectivity index (χ1n) is 19.0. The normalized spacial score (nSPS) is 13.3. The van der Waals surface area contributed by atoms with E-state index in [4.69, 9.17) is 17.2 Å². The van der Waals surface area contributed by atoms with Crippen molar-refractivity contribution in [3.63, 3.8) is 0 Å². The fourth-order valence-electron chi connectivity index (χ4n) is 7.41. The quantitative estimate of drug-likeness (QED) is 0.0598. The Balaban J connectivity index is 1.01. The molecule has 0 aliphatic carbocycles. The first-order chi connectivity index (χ1) is 27.5. The van der Waals surface area contributed by atoms with E-state index in [1.54, 1.807) is 0 Å². The van der Waals surface area contributed by atoms with E-state index in [2.05, 4.69) is 161 Å². The zero-order valence-corrected chi connectivity index (χ0v) is 31.2. The number of anilines is 2. The molecule has 8 rings (SSSR count). The molecule has 0 aliphatic rings. The van der Waals surface area contributed by atoms with Gasteiger partial charge in [0, 0.05) is 16.8 Å². The molecule has 0 amide bonds. The van der Waals surface area contributed by atoms with E-state index in [0.29, 0.717) is 6.67 Å². The highest BCUT2D eigenvalue weighted by Crippen LogP contribution is 2.41. The lowest BCUT2D eigenvalue weighted by atomic mass is 9.97. The second-order valence-electron chi connectivity index (χ2n) is 14.0. The molecule has 0 saturated heterocycles. The highest BCUT2D eigenvalue weighted by molar-refractivity contribution is 6.13. The first kappa shape index (κ1) is 36.4. The van der Waals surface area contributed by atoms with E-state index in [9.17, 15) is 0 Å². The van der Waals surface area contributed by atoms with Gasteiger partial charge in [0.2, 0.25) is 0 Å². The Morgan fingerprint density at radius 3 is 1.86 bits per heavy atom. The molecule has 0 aliphatic heterocycles. The molecule has 0 heterocycles. The van der Waals surface area contributed by atoms with Crippen LogP contribution < -0.4 is 32.7 Å². The summed E-state index contributed by atoms with van der Waals surface area (Å²) in [5, 5.41) is 11.7. The van der Waals surface area contributed by atoms with Crippen molar-refractivity contribution < 1.29 is 0 Å². The van der Waals surface area contributed by atoms with Gasteiger partial charge >= 0.3 is 0 Å². The van der Waals surface area contributed by atoms with Crippen LogP contribution in [-0.2, 0) is 0 Å². The van der Waals surface area contributed by atoms with Gasteiger partial charge in [0.25, 0.3) is 0 Å². The van der Waals surface area contributed by atoms with Gasteiger partial charge < -0.3 is 27.4 Å². The number of benzene rings is 8. The van der Waals surface area contributed by atoms with E-state index >= 15 is 0 Å². The van der Waals surface area contributed by atoms with Crippen LogP contribution in [0.25, 0.3) is 38.4 Å². The lowest BCUT2D eigenvalue weighted by Gasteiger charge is -2.33. The highest BCUT2D eigenvalue weighted by atomic mass is 15.2. The Labute approximate surface area is 328 Å². The second-order valence-corrected chi connectivity index (χ2v) is 14.0. The molecule has 276 valence electrons. The zero-order valence-electron chi connectivity index (χ0n) is 31.2. The summed E-state index contributed by atoms with van der Waals surface area (Å²) in [6.07, 6.45) is 1.21. The SMILES string of the molecule is NC(/C=C(\NCNC(N)c1ccc(-c2cccc(C(N)N(c3ccccc3)c3cc4ccccc4c4ccccc34)c2)cc1)c1ccccc1)c1ccccc1. The maximum Gasteiger partial charge on any atom is 0.108 e. The molecule has 6 heteroatoms. The van der Waals surface area contributed by atoms with Crippen LogP contribution >= 0.6 is 0 Å². The minimum Gasteiger partial charge on any atom is -0.372 e. The topological polar surface area (TPSA) is 105 Å². The molecule has 3 atom stereocenters. The molecule has 0 radical (unpaired) electrons. The van der Waals surface area contributed by atoms with Crippen molar-refractivity contribution in [3.05, 3.63) is 222 Å². The second kappa shape index (κ2) is 16.9. The van der Waals surface area contributed by atoms with Gasteiger partial charge in [0.1, 0.15) is 6.17 Å². The van der Waals surface area contributed by atoms with Crippen LogP contribution in [0.1, 0.15) is 40.6 Å². The predicted molar refractivity (Wildman–Crippen MR) is 235 cm³/mol. The zero-order chi connectivity index (χ0) is 38.3. The Kier molecular flexibility index (Phi) is 11.0. The monoisotopic (exact) mass is 730 g/mol. The van der Waals surface area contributed by atoms with Crippen LogP contribution in [0.5, 0.6) is 0 Å². The molecule has 0 bridgehead atoms. The van der Waals surface area contributed by atoms with E-state index in [1.165, 1.54) is 16.2 Å². The Bertz CT molecular complexity index is 2550. The molecule has 8 N–H and O–H groups in total.